The Bertz CT molecular complexity index is 597. The normalized spacial score (nSPS) is 22.5. The second kappa shape index (κ2) is 5.67. The number of likely N-dealkylation sites (tertiary alicyclic amines) is 1. The molecule has 0 aliphatic carbocycles. The molecule has 0 radical (unpaired) electrons. The number of carbonyl (C=O) groups excluding carboxylic acids is 1. The molecule has 2 aromatic rings. The maximum absolute atomic E-state index is 12.5. The molecule has 3 heterocycles. The summed E-state index contributed by atoms with van der Waals surface area (Å²) in [5.41, 5.74) is 0. The molecule has 0 saturated carbocycles. The fourth-order valence-electron chi connectivity index (χ4n) is 2.93. The number of amides is 1. The van der Waals surface area contributed by atoms with E-state index in [0.29, 0.717) is 11.6 Å². The highest BCUT2D eigenvalue weighted by molar-refractivity contribution is 5.76. The lowest BCUT2D eigenvalue weighted by Gasteiger charge is -2.38. The molecule has 2 atom stereocenters. The van der Waals surface area contributed by atoms with Crippen LogP contribution in [0.5, 0.6) is 0 Å². The average Bonchev–Trinajstić information content (AvgIpc) is 3.08. The van der Waals surface area contributed by atoms with E-state index >= 15 is 0 Å². The molecule has 1 fully saturated rings. The number of hydrogen-bond acceptors (Lipinski definition) is 5. The summed E-state index contributed by atoms with van der Waals surface area (Å²) in [5.74, 6) is 0.985. The molecule has 0 bridgehead atoms. The molecule has 7 heteroatoms. The maximum Gasteiger partial charge on any atom is 0.246 e. The van der Waals surface area contributed by atoms with Gasteiger partial charge in [-0.1, -0.05) is 0 Å². The Morgan fingerprint density at radius 3 is 2.81 bits per heavy atom. The van der Waals surface area contributed by atoms with Gasteiger partial charge in [-0.2, -0.15) is 4.80 Å². The fraction of sp³-hybridized carbons (Fsp3) is 0.571. The van der Waals surface area contributed by atoms with E-state index in [2.05, 4.69) is 29.3 Å². The van der Waals surface area contributed by atoms with Crippen LogP contribution in [0.4, 0.5) is 0 Å². The summed E-state index contributed by atoms with van der Waals surface area (Å²) in [5, 5.41) is 12.0. The Labute approximate surface area is 122 Å². The first-order valence-electron chi connectivity index (χ1n) is 7.28. The molecule has 21 heavy (non-hydrogen) atoms. The quantitative estimate of drug-likeness (QED) is 0.860. The first-order chi connectivity index (χ1) is 10.1. The van der Waals surface area contributed by atoms with Gasteiger partial charge >= 0.3 is 0 Å². The number of piperidine rings is 1. The zero-order valence-electron chi connectivity index (χ0n) is 12.3. The van der Waals surface area contributed by atoms with Gasteiger partial charge in [0.1, 0.15) is 6.54 Å². The summed E-state index contributed by atoms with van der Waals surface area (Å²) < 4.78 is 5.21. The first-order valence-corrected chi connectivity index (χ1v) is 7.28. The molecule has 0 aromatic carbocycles. The molecule has 1 amide bonds. The molecule has 3 rings (SSSR count). The van der Waals surface area contributed by atoms with Crippen LogP contribution in [0, 0.1) is 0 Å². The number of nitrogens with zero attached hydrogens (tertiary/aromatic N) is 5. The monoisotopic (exact) mass is 289 g/mol. The van der Waals surface area contributed by atoms with E-state index in [1.807, 2.05) is 4.90 Å². The van der Waals surface area contributed by atoms with Crippen LogP contribution in [0.2, 0.25) is 0 Å². The van der Waals surface area contributed by atoms with Gasteiger partial charge in [0, 0.05) is 12.1 Å². The van der Waals surface area contributed by atoms with Crippen molar-refractivity contribution in [1.82, 2.24) is 25.1 Å². The van der Waals surface area contributed by atoms with Crippen molar-refractivity contribution in [2.24, 2.45) is 0 Å². The number of carbonyl (C=O) groups is 1. The fourth-order valence-corrected chi connectivity index (χ4v) is 2.93. The number of furan rings is 1. The highest BCUT2D eigenvalue weighted by atomic mass is 16.3. The van der Waals surface area contributed by atoms with E-state index in [0.717, 1.165) is 12.8 Å². The van der Waals surface area contributed by atoms with E-state index in [1.165, 1.54) is 11.2 Å². The molecule has 0 N–H and O–H groups in total. The Balaban J connectivity index is 1.70. The number of tetrazole rings is 1. The van der Waals surface area contributed by atoms with E-state index in [-0.39, 0.29) is 24.5 Å². The highest BCUT2D eigenvalue weighted by Gasteiger charge is 2.29. The van der Waals surface area contributed by atoms with Crippen molar-refractivity contribution >= 4 is 5.91 Å². The number of rotatable bonds is 3. The Hall–Kier alpha value is -2.18. The van der Waals surface area contributed by atoms with Gasteiger partial charge in [-0.05, 0) is 50.5 Å². The van der Waals surface area contributed by atoms with Crippen LogP contribution in [-0.2, 0) is 11.3 Å². The van der Waals surface area contributed by atoms with Gasteiger partial charge < -0.3 is 9.32 Å². The van der Waals surface area contributed by atoms with E-state index < -0.39 is 0 Å². The third-order valence-corrected chi connectivity index (χ3v) is 3.95. The van der Waals surface area contributed by atoms with Crippen LogP contribution in [0.15, 0.2) is 22.8 Å². The Kier molecular flexibility index (Phi) is 3.72. The SMILES string of the molecule is C[C@@H]1CCC[C@H](C)N1C(=O)Cn1nnc(-c2ccco2)n1. The predicted octanol–water partition coefficient (Wildman–Crippen LogP) is 1.72. The second-order valence-electron chi connectivity index (χ2n) is 5.55. The molecular formula is C14H19N5O2. The van der Waals surface area contributed by atoms with Crippen LogP contribution in [0.3, 0.4) is 0 Å². The predicted molar refractivity (Wildman–Crippen MR) is 75.1 cm³/mol. The van der Waals surface area contributed by atoms with Gasteiger partial charge in [-0.25, -0.2) is 0 Å². The lowest BCUT2D eigenvalue weighted by atomic mass is 9.97. The van der Waals surface area contributed by atoms with Crippen LogP contribution < -0.4 is 0 Å². The third kappa shape index (κ3) is 2.81. The molecule has 112 valence electrons. The lowest BCUT2D eigenvalue weighted by molar-refractivity contribution is -0.138. The van der Waals surface area contributed by atoms with E-state index in [4.69, 9.17) is 4.42 Å². The summed E-state index contributed by atoms with van der Waals surface area (Å²) in [7, 11) is 0. The Morgan fingerprint density at radius 1 is 1.38 bits per heavy atom. The second-order valence-corrected chi connectivity index (χ2v) is 5.55. The standard InChI is InChI=1S/C14H19N5O2/c1-10-5-3-6-11(2)19(10)13(20)9-18-16-14(15-17-18)12-7-4-8-21-12/h4,7-8,10-11H,3,5-6,9H2,1-2H3/t10-,11+. The van der Waals surface area contributed by atoms with Gasteiger partial charge in [0.05, 0.1) is 6.26 Å². The van der Waals surface area contributed by atoms with Crippen molar-refractivity contribution in [1.29, 1.82) is 0 Å². The van der Waals surface area contributed by atoms with Gasteiger partial charge in [-0.3, -0.25) is 4.79 Å². The molecule has 1 saturated heterocycles. The lowest BCUT2D eigenvalue weighted by Crippen LogP contribution is -2.48. The Morgan fingerprint density at radius 2 is 2.14 bits per heavy atom. The number of aromatic nitrogens is 4. The zero-order chi connectivity index (χ0) is 14.8. The zero-order valence-corrected chi connectivity index (χ0v) is 12.3. The average molecular weight is 289 g/mol. The van der Waals surface area contributed by atoms with Crippen molar-refractivity contribution < 1.29 is 9.21 Å². The van der Waals surface area contributed by atoms with Gasteiger partial charge in [0.15, 0.2) is 5.76 Å². The number of hydrogen-bond donors (Lipinski definition) is 0. The van der Waals surface area contributed by atoms with E-state index in [1.54, 1.807) is 18.4 Å². The third-order valence-electron chi connectivity index (χ3n) is 3.95. The largest absolute Gasteiger partial charge is 0.461 e. The van der Waals surface area contributed by atoms with Crippen LogP contribution >= 0.6 is 0 Å². The summed E-state index contributed by atoms with van der Waals surface area (Å²) in [6.45, 7) is 4.30. The van der Waals surface area contributed by atoms with Crippen LogP contribution in [-0.4, -0.2) is 43.1 Å². The molecule has 2 aromatic heterocycles. The summed E-state index contributed by atoms with van der Waals surface area (Å²) in [6.07, 6.45) is 4.84. The maximum atomic E-state index is 12.5. The van der Waals surface area contributed by atoms with E-state index in [9.17, 15) is 4.79 Å². The molecule has 7 nitrogen and oxygen atoms in total. The molecular weight excluding hydrogens is 270 g/mol. The van der Waals surface area contributed by atoms with Crippen molar-refractivity contribution in [2.45, 2.75) is 51.7 Å². The first kappa shape index (κ1) is 13.8. The van der Waals surface area contributed by atoms with Gasteiger partial charge in [0.25, 0.3) is 0 Å². The molecule has 1 aliphatic heterocycles. The summed E-state index contributed by atoms with van der Waals surface area (Å²) in [4.78, 5) is 15.7. The minimum Gasteiger partial charge on any atom is -0.461 e. The molecule has 0 unspecified atom stereocenters. The highest BCUT2D eigenvalue weighted by Crippen LogP contribution is 2.22. The van der Waals surface area contributed by atoms with Gasteiger partial charge in [0.2, 0.25) is 11.7 Å². The van der Waals surface area contributed by atoms with Crippen molar-refractivity contribution in [3.63, 3.8) is 0 Å². The smallest absolute Gasteiger partial charge is 0.246 e. The van der Waals surface area contributed by atoms with Crippen LogP contribution in [0.1, 0.15) is 33.1 Å². The summed E-state index contributed by atoms with van der Waals surface area (Å²) >= 11 is 0. The van der Waals surface area contributed by atoms with Gasteiger partial charge in [-0.15, -0.1) is 10.2 Å². The summed E-state index contributed by atoms with van der Waals surface area (Å²) in [6, 6.07) is 4.07. The molecule has 1 aliphatic rings. The topological polar surface area (TPSA) is 77.0 Å². The molecule has 0 spiro atoms. The minimum atomic E-state index is 0.0399. The van der Waals surface area contributed by atoms with Crippen molar-refractivity contribution in [3.05, 3.63) is 18.4 Å². The van der Waals surface area contributed by atoms with Crippen molar-refractivity contribution in [2.75, 3.05) is 0 Å². The van der Waals surface area contributed by atoms with Crippen LogP contribution in [0.25, 0.3) is 11.6 Å². The minimum absolute atomic E-state index is 0.0399. The van der Waals surface area contributed by atoms with Crippen molar-refractivity contribution in [3.8, 4) is 11.6 Å².